The Hall–Kier alpha value is -3.94. The summed E-state index contributed by atoms with van der Waals surface area (Å²) in [6.45, 7) is 1.63. The van der Waals surface area contributed by atoms with E-state index < -0.39 is 11.7 Å². The van der Waals surface area contributed by atoms with Crippen molar-refractivity contribution in [2.24, 2.45) is 0 Å². The van der Waals surface area contributed by atoms with Gasteiger partial charge in [-0.05, 0) is 61.4 Å². The van der Waals surface area contributed by atoms with Crippen LogP contribution in [-0.4, -0.2) is 17.7 Å². The van der Waals surface area contributed by atoms with Crippen LogP contribution in [0.25, 0.3) is 0 Å². The van der Waals surface area contributed by atoms with Gasteiger partial charge in [0.25, 0.3) is 11.8 Å². The molecule has 4 rings (SSSR count). The fourth-order valence-electron chi connectivity index (χ4n) is 3.24. The van der Waals surface area contributed by atoms with Gasteiger partial charge in [0, 0.05) is 23.4 Å². The second-order valence-electron chi connectivity index (χ2n) is 6.91. The SMILES string of the molecule is Cc1occc1C(=O)Nc1cc(NC(=O)c2ccc3c(c2)CCC(=O)N3)ccc1F. The van der Waals surface area contributed by atoms with Crippen molar-refractivity contribution < 1.29 is 23.2 Å². The number of halogens is 1. The molecular formula is C22H18FN3O4. The summed E-state index contributed by atoms with van der Waals surface area (Å²) >= 11 is 0. The number of aryl methyl sites for hydroxylation is 2. The van der Waals surface area contributed by atoms with Crippen LogP contribution in [0.3, 0.4) is 0 Å². The van der Waals surface area contributed by atoms with Gasteiger partial charge in [-0.15, -0.1) is 0 Å². The lowest BCUT2D eigenvalue weighted by molar-refractivity contribution is -0.116. The van der Waals surface area contributed by atoms with Crippen molar-refractivity contribution in [3.63, 3.8) is 0 Å². The number of benzene rings is 2. The quantitative estimate of drug-likeness (QED) is 0.606. The fourth-order valence-corrected chi connectivity index (χ4v) is 3.24. The van der Waals surface area contributed by atoms with Crippen molar-refractivity contribution in [3.8, 4) is 0 Å². The first-order valence-electron chi connectivity index (χ1n) is 9.30. The molecule has 30 heavy (non-hydrogen) atoms. The third kappa shape index (κ3) is 3.93. The average Bonchev–Trinajstić information content (AvgIpc) is 3.16. The second-order valence-corrected chi connectivity index (χ2v) is 6.91. The van der Waals surface area contributed by atoms with Crippen molar-refractivity contribution in [2.75, 3.05) is 16.0 Å². The molecule has 0 bridgehead atoms. The number of amides is 3. The van der Waals surface area contributed by atoms with Gasteiger partial charge in [0.05, 0.1) is 17.5 Å². The standard InChI is InChI=1S/C22H18FN3O4/c1-12-16(8-9-30-12)22(29)26-19-11-15(4-5-17(19)23)24-21(28)14-2-6-18-13(10-14)3-7-20(27)25-18/h2,4-6,8-11H,3,7H2,1H3,(H,24,28)(H,25,27)(H,26,29). The van der Waals surface area contributed by atoms with E-state index in [1.54, 1.807) is 25.1 Å². The van der Waals surface area contributed by atoms with Crippen molar-refractivity contribution in [3.05, 3.63) is 77.0 Å². The fraction of sp³-hybridized carbons (Fsp3) is 0.136. The minimum Gasteiger partial charge on any atom is -0.469 e. The molecular weight excluding hydrogens is 389 g/mol. The van der Waals surface area contributed by atoms with Crippen LogP contribution in [0.2, 0.25) is 0 Å². The van der Waals surface area contributed by atoms with Crippen molar-refractivity contribution in [1.82, 2.24) is 0 Å². The highest BCUT2D eigenvalue weighted by Crippen LogP contribution is 2.25. The largest absolute Gasteiger partial charge is 0.469 e. The van der Waals surface area contributed by atoms with Crippen molar-refractivity contribution >= 4 is 34.8 Å². The average molecular weight is 407 g/mol. The number of anilines is 3. The number of hydrogen-bond acceptors (Lipinski definition) is 4. The van der Waals surface area contributed by atoms with Gasteiger partial charge in [-0.2, -0.15) is 0 Å². The summed E-state index contributed by atoms with van der Waals surface area (Å²) in [5, 5.41) is 7.95. The lowest BCUT2D eigenvalue weighted by Crippen LogP contribution is -2.20. The molecule has 0 fully saturated rings. The Morgan fingerprint density at radius 2 is 1.87 bits per heavy atom. The molecule has 2 heterocycles. The number of rotatable bonds is 4. The molecule has 7 nitrogen and oxygen atoms in total. The number of nitrogens with one attached hydrogen (secondary N) is 3. The van der Waals surface area contributed by atoms with Crippen LogP contribution in [0.4, 0.5) is 21.5 Å². The molecule has 3 aromatic rings. The van der Waals surface area contributed by atoms with E-state index in [9.17, 15) is 18.8 Å². The molecule has 2 aromatic carbocycles. The van der Waals surface area contributed by atoms with E-state index in [-0.39, 0.29) is 17.5 Å². The van der Waals surface area contributed by atoms with Crippen LogP contribution in [0.5, 0.6) is 0 Å². The molecule has 0 saturated carbocycles. The number of carbonyl (C=O) groups is 3. The highest BCUT2D eigenvalue weighted by molar-refractivity contribution is 6.07. The Labute approximate surface area is 171 Å². The van der Waals surface area contributed by atoms with E-state index in [0.717, 1.165) is 11.6 Å². The molecule has 1 aromatic heterocycles. The van der Waals surface area contributed by atoms with Crippen molar-refractivity contribution in [1.29, 1.82) is 0 Å². The van der Waals surface area contributed by atoms with Gasteiger partial charge >= 0.3 is 0 Å². The Morgan fingerprint density at radius 3 is 2.63 bits per heavy atom. The lowest BCUT2D eigenvalue weighted by atomic mass is 10.00. The molecule has 0 aliphatic carbocycles. The second kappa shape index (κ2) is 7.82. The predicted octanol–water partition coefficient (Wildman–Crippen LogP) is 4.12. The summed E-state index contributed by atoms with van der Waals surface area (Å²) in [6, 6.07) is 10.4. The zero-order valence-electron chi connectivity index (χ0n) is 16.0. The molecule has 0 radical (unpaired) electrons. The highest BCUT2D eigenvalue weighted by atomic mass is 19.1. The van der Waals surface area contributed by atoms with Gasteiger partial charge in [0.15, 0.2) is 0 Å². The third-order valence-corrected chi connectivity index (χ3v) is 4.84. The maximum absolute atomic E-state index is 14.2. The molecule has 1 aliphatic rings. The zero-order chi connectivity index (χ0) is 21.3. The Balaban J connectivity index is 1.50. The van der Waals surface area contributed by atoms with Gasteiger partial charge in [-0.1, -0.05) is 0 Å². The minimum absolute atomic E-state index is 0.0498. The van der Waals surface area contributed by atoms with E-state index in [0.29, 0.717) is 41.1 Å². The summed E-state index contributed by atoms with van der Waals surface area (Å²) in [5.74, 6) is -1.16. The maximum Gasteiger partial charge on any atom is 0.259 e. The molecule has 0 saturated heterocycles. The van der Waals surface area contributed by atoms with E-state index in [2.05, 4.69) is 16.0 Å². The summed E-state index contributed by atoms with van der Waals surface area (Å²) < 4.78 is 19.3. The van der Waals surface area contributed by atoms with Crippen LogP contribution in [0.1, 0.15) is 38.5 Å². The van der Waals surface area contributed by atoms with Gasteiger partial charge in [0.2, 0.25) is 5.91 Å². The first kappa shape index (κ1) is 19.4. The number of fused-ring (bicyclic) bond motifs is 1. The summed E-state index contributed by atoms with van der Waals surface area (Å²) in [6.07, 6.45) is 2.30. The Bertz CT molecular complexity index is 1170. The molecule has 3 amide bonds. The summed E-state index contributed by atoms with van der Waals surface area (Å²) in [4.78, 5) is 36.4. The van der Waals surface area contributed by atoms with Gasteiger partial charge in [-0.3, -0.25) is 14.4 Å². The van der Waals surface area contributed by atoms with Crippen LogP contribution >= 0.6 is 0 Å². The smallest absolute Gasteiger partial charge is 0.259 e. The zero-order valence-corrected chi connectivity index (χ0v) is 16.0. The van der Waals surface area contributed by atoms with Crippen LogP contribution < -0.4 is 16.0 Å². The molecule has 3 N–H and O–H groups in total. The van der Waals surface area contributed by atoms with E-state index in [4.69, 9.17) is 4.42 Å². The molecule has 0 atom stereocenters. The Morgan fingerprint density at radius 1 is 1.03 bits per heavy atom. The van der Waals surface area contributed by atoms with Crippen LogP contribution in [0.15, 0.2) is 53.1 Å². The van der Waals surface area contributed by atoms with Gasteiger partial charge < -0.3 is 20.4 Å². The van der Waals surface area contributed by atoms with E-state index in [1.165, 1.54) is 24.5 Å². The number of furan rings is 1. The summed E-state index contributed by atoms with van der Waals surface area (Å²) in [7, 11) is 0. The van der Waals surface area contributed by atoms with E-state index in [1.807, 2.05) is 0 Å². The predicted molar refractivity (Wildman–Crippen MR) is 109 cm³/mol. The van der Waals surface area contributed by atoms with Crippen LogP contribution in [0, 0.1) is 12.7 Å². The highest BCUT2D eigenvalue weighted by Gasteiger charge is 2.18. The van der Waals surface area contributed by atoms with Crippen LogP contribution in [-0.2, 0) is 11.2 Å². The van der Waals surface area contributed by atoms with Crippen molar-refractivity contribution in [2.45, 2.75) is 19.8 Å². The molecule has 0 spiro atoms. The molecule has 152 valence electrons. The topological polar surface area (TPSA) is 100 Å². The summed E-state index contributed by atoms with van der Waals surface area (Å²) in [5.41, 5.74) is 2.55. The molecule has 8 heteroatoms. The molecule has 0 unspecified atom stereocenters. The van der Waals surface area contributed by atoms with Gasteiger partial charge in [0.1, 0.15) is 11.6 Å². The van der Waals surface area contributed by atoms with Gasteiger partial charge in [-0.25, -0.2) is 4.39 Å². The Kier molecular flexibility index (Phi) is 5.05. The first-order valence-corrected chi connectivity index (χ1v) is 9.30. The third-order valence-electron chi connectivity index (χ3n) is 4.84. The first-order chi connectivity index (χ1) is 14.4. The number of hydrogen-bond donors (Lipinski definition) is 3. The minimum atomic E-state index is -0.632. The number of carbonyl (C=O) groups excluding carboxylic acids is 3. The van der Waals surface area contributed by atoms with E-state index >= 15 is 0 Å². The normalized spacial score (nSPS) is 12.7. The maximum atomic E-state index is 14.2. The molecule has 1 aliphatic heterocycles. The lowest BCUT2D eigenvalue weighted by Gasteiger charge is -2.17. The monoisotopic (exact) mass is 407 g/mol.